The number of nitrogens with one attached hydrogen (secondary N) is 1. The van der Waals surface area contributed by atoms with E-state index < -0.39 is 24.3 Å². The number of likely N-dealkylation sites (N-methyl/N-ethyl adjacent to an activating group) is 1. The topological polar surface area (TPSA) is 141 Å². The van der Waals surface area contributed by atoms with Crippen molar-refractivity contribution in [1.29, 1.82) is 0 Å². The summed E-state index contributed by atoms with van der Waals surface area (Å²) in [5.41, 5.74) is 2.78. The number of rotatable bonds is 4. The number of fused-ring (bicyclic) bond motifs is 1. The Balaban J connectivity index is 0.000000289. The highest BCUT2D eigenvalue weighted by atomic mass is 19.4. The number of amides is 1. The number of aryl methyl sites for hydroxylation is 1. The maximum Gasteiger partial charge on any atom is 0.490 e. The number of aliphatic carboxylic acids is 2. The minimum atomic E-state index is -5.08. The van der Waals surface area contributed by atoms with Gasteiger partial charge >= 0.3 is 24.3 Å². The first-order valence-corrected chi connectivity index (χ1v) is 12.7. The van der Waals surface area contributed by atoms with Crippen LogP contribution in [0, 0.1) is 6.92 Å². The minimum absolute atomic E-state index is 0.0344. The van der Waals surface area contributed by atoms with Crippen LogP contribution in [0.15, 0.2) is 24.3 Å². The zero-order valence-electron chi connectivity index (χ0n) is 22.7. The van der Waals surface area contributed by atoms with E-state index >= 15 is 0 Å². The van der Waals surface area contributed by atoms with Gasteiger partial charge in [-0.15, -0.1) is 10.2 Å². The summed E-state index contributed by atoms with van der Waals surface area (Å²) in [4.78, 5) is 35.3. The molecule has 1 aromatic heterocycles. The lowest BCUT2D eigenvalue weighted by molar-refractivity contribution is -0.193. The minimum Gasteiger partial charge on any atom is -0.475 e. The molecule has 1 spiro atoms. The van der Waals surface area contributed by atoms with Crippen LogP contribution in [-0.2, 0) is 29.2 Å². The zero-order chi connectivity index (χ0) is 31.5. The molecule has 1 saturated carbocycles. The van der Waals surface area contributed by atoms with Gasteiger partial charge in [0.15, 0.2) is 0 Å². The molecule has 1 saturated heterocycles. The van der Waals surface area contributed by atoms with Crippen LogP contribution in [-0.4, -0.2) is 96.7 Å². The highest BCUT2D eigenvalue weighted by Crippen LogP contribution is 2.35. The lowest BCUT2D eigenvalue weighted by atomic mass is 9.94. The van der Waals surface area contributed by atoms with E-state index in [9.17, 15) is 31.1 Å². The second-order valence-electron chi connectivity index (χ2n) is 10.3. The second-order valence-corrected chi connectivity index (χ2v) is 10.3. The molecule has 17 heteroatoms. The molecular weight excluding hydrogens is 578 g/mol. The number of benzene rings is 1. The van der Waals surface area contributed by atoms with E-state index in [2.05, 4.69) is 68.1 Å². The van der Waals surface area contributed by atoms with Crippen LogP contribution in [0.3, 0.4) is 0 Å². The molecule has 1 amide bonds. The number of alkyl halides is 6. The van der Waals surface area contributed by atoms with Gasteiger partial charge in [-0.25, -0.2) is 9.59 Å². The molecular formula is C25H30F6N6O5. The van der Waals surface area contributed by atoms with Crippen LogP contribution in [0.4, 0.5) is 26.3 Å². The molecule has 3 heterocycles. The Bertz CT molecular complexity index is 1270. The fourth-order valence-electron chi connectivity index (χ4n) is 4.60. The first-order chi connectivity index (χ1) is 19.4. The van der Waals surface area contributed by atoms with Crippen molar-refractivity contribution in [2.45, 2.75) is 69.8 Å². The SMILES string of the molecule is Cc1ccccc1CN1CCC2(C1)Cn1c(nnc1C(=O)NC1CC1)CN2C.O=C(O)C(F)(F)F.O=C(O)C(F)(F)F. The van der Waals surface area contributed by atoms with E-state index in [-0.39, 0.29) is 11.4 Å². The number of carbonyl (C=O) groups is 3. The lowest BCUT2D eigenvalue weighted by Crippen LogP contribution is -2.55. The number of hydrogen-bond acceptors (Lipinski definition) is 7. The van der Waals surface area contributed by atoms with Crippen molar-refractivity contribution >= 4 is 17.8 Å². The van der Waals surface area contributed by atoms with Crippen LogP contribution in [0.2, 0.25) is 0 Å². The third kappa shape index (κ3) is 8.40. The van der Waals surface area contributed by atoms with E-state index in [1.54, 1.807) is 0 Å². The van der Waals surface area contributed by atoms with E-state index in [1.165, 1.54) is 11.1 Å². The number of carbonyl (C=O) groups excluding carboxylic acids is 1. The van der Waals surface area contributed by atoms with Crippen LogP contribution in [0.1, 0.15) is 46.8 Å². The van der Waals surface area contributed by atoms with Gasteiger partial charge in [-0.2, -0.15) is 26.3 Å². The van der Waals surface area contributed by atoms with Crippen molar-refractivity contribution in [3.8, 4) is 0 Å². The average molecular weight is 609 g/mol. The van der Waals surface area contributed by atoms with Gasteiger partial charge in [0.1, 0.15) is 5.82 Å². The first-order valence-electron chi connectivity index (χ1n) is 12.7. The van der Waals surface area contributed by atoms with Crippen molar-refractivity contribution < 1.29 is 50.9 Å². The molecule has 11 nitrogen and oxygen atoms in total. The molecule has 2 aromatic rings. The summed E-state index contributed by atoms with van der Waals surface area (Å²) >= 11 is 0. The van der Waals surface area contributed by atoms with E-state index in [0.29, 0.717) is 11.9 Å². The Labute approximate surface area is 236 Å². The Morgan fingerprint density at radius 2 is 1.57 bits per heavy atom. The Morgan fingerprint density at radius 1 is 1.00 bits per heavy atom. The quantitative estimate of drug-likeness (QED) is 0.447. The highest BCUT2D eigenvalue weighted by molar-refractivity contribution is 5.91. The third-order valence-electron chi connectivity index (χ3n) is 7.14. The summed E-state index contributed by atoms with van der Waals surface area (Å²) in [5.74, 6) is -4.21. The summed E-state index contributed by atoms with van der Waals surface area (Å²) < 4.78 is 65.5. The summed E-state index contributed by atoms with van der Waals surface area (Å²) in [7, 11) is 2.18. The molecule has 2 aliphatic heterocycles. The largest absolute Gasteiger partial charge is 0.490 e. The monoisotopic (exact) mass is 608 g/mol. The maximum absolute atomic E-state index is 12.6. The Kier molecular flexibility index (Phi) is 9.87. The molecule has 1 aromatic carbocycles. The number of aromatic nitrogens is 3. The first kappa shape index (κ1) is 32.8. The summed E-state index contributed by atoms with van der Waals surface area (Å²) in [5, 5.41) is 25.8. The summed E-state index contributed by atoms with van der Waals surface area (Å²) in [6.45, 7) is 6.75. The summed E-state index contributed by atoms with van der Waals surface area (Å²) in [6, 6.07) is 8.96. The molecule has 1 aliphatic carbocycles. The normalized spacial score (nSPS) is 20.6. The molecule has 1 unspecified atom stereocenters. The van der Waals surface area contributed by atoms with Crippen LogP contribution in [0.25, 0.3) is 0 Å². The number of nitrogens with zero attached hydrogens (tertiary/aromatic N) is 5. The second kappa shape index (κ2) is 12.6. The standard InChI is InChI=1S/C21H28N6O.2C2HF3O2/c1-15-5-3-4-6-16(15)11-26-10-9-21(13-26)14-27-18(12-25(21)2)23-24-19(27)20(28)22-17-7-8-17;2*3-2(4,5)1(6)7/h3-6,17H,7-14H2,1-2H3,(H,22,28);2*(H,6,7). The molecule has 3 aliphatic rings. The Morgan fingerprint density at radius 3 is 2.10 bits per heavy atom. The molecule has 5 rings (SSSR count). The average Bonchev–Trinajstić information content (AvgIpc) is 3.46. The van der Waals surface area contributed by atoms with Gasteiger partial charge in [-0.05, 0) is 44.4 Å². The smallest absolute Gasteiger partial charge is 0.475 e. The number of halogens is 6. The summed E-state index contributed by atoms with van der Waals surface area (Å²) in [6.07, 6.45) is -6.92. The van der Waals surface area contributed by atoms with Crippen molar-refractivity contribution in [3.05, 3.63) is 47.0 Å². The van der Waals surface area contributed by atoms with Crippen LogP contribution in [0.5, 0.6) is 0 Å². The van der Waals surface area contributed by atoms with E-state index in [1.807, 2.05) is 0 Å². The van der Waals surface area contributed by atoms with Gasteiger partial charge in [-0.1, -0.05) is 24.3 Å². The van der Waals surface area contributed by atoms with E-state index in [0.717, 1.165) is 57.8 Å². The van der Waals surface area contributed by atoms with Crippen LogP contribution < -0.4 is 5.32 Å². The molecule has 232 valence electrons. The van der Waals surface area contributed by atoms with Gasteiger partial charge in [0.25, 0.3) is 5.91 Å². The molecule has 0 radical (unpaired) electrons. The van der Waals surface area contributed by atoms with Crippen molar-refractivity contribution in [2.24, 2.45) is 0 Å². The number of hydrogen-bond donors (Lipinski definition) is 3. The number of likely N-dealkylation sites (tertiary alicyclic amines) is 1. The molecule has 1 atom stereocenters. The zero-order valence-corrected chi connectivity index (χ0v) is 22.7. The highest BCUT2D eigenvalue weighted by Gasteiger charge is 2.46. The van der Waals surface area contributed by atoms with Crippen molar-refractivity contribution in [3.63, 3.8) is 0 Å². The van der Waals surface area contributed by atoms with Gasteiger partial charge in [0.05, 0.1) is 12.1 Å². The molecule has 2 fully saturated rings. The predicted molar refractivity (Wildman–Crippen MR) is 133 cm³/mol. The fourth-order valence-corrected chi connectivity index (χ4v) is 4.60. The number of carboxylic acids is 2. The predicted octanol–water partition coefficient (Wildman–Crippen LogP) is 2.84. The number of carboxylic acid groups (broad SMARTS) is 2. The molecule has 3 N–H and O–H groups in total. The Hall–Kier alpha value is -3.73. The van der Waals surface area contributed by atoms with Gasteiger partial charge in [0.2, 0.25) is 5.82 Å². The van der Waals surface area contributed by atoms with Crippen LogP contribution >= 0.6 is 0 Å². The van der Waals surface area contributed by atoms with Crippen molar-refractivity contribution in [2.75, 3.05) is 20.1 Å². The van der Waals surface area contributed by atoms with E-state index in [4.69, 9.17) is 19.8 Å². The lowest BCUT2D eigenvalue weighted by Gasteiger charge is -2.42. The molecule has 42 heavy (non-hydrogen) atoms. The molecule has 0 bridgehead atoms. The van der Waals surface area contributed by atoms with Gasteiger partial charge < -0.3 is 20.1 Å². The maximum atomic E-state index is 12.6. The van der Waals surface area contributed by atoms with Gasteiger partial charge in [0, 0.05) is 32.2 Å². The fraction of sp³-hybridized carbons (Fsp3) is 0.560. The van der Waals surface area contributed by atoms with Crippen molar-refractivity contribution in [1.82, 2.24) is 29.9 Å². The van der Waals surface area contributed by atoms with Gasteiger partial charge in [-0.3, -0.25) is 14.6 Å². The third-order valence-corrected chi connectivity index (χ3v) is 7.14.